The van der Waals surface area contributed by atoms with Gasteiger partial charge in [0.15, 0.2) is 6.29 Å². The van der Waals surface area contributed by atoms with Gasteiger partial charge in [0, 0.05) is 12.5 Å². The first-order chi connectivity index (χ1) is 12.2. The molecule has 134 valence electrons. The molecule has 1 fully saturated rings. The number of hydrogen-bond donors (Lipinski definition) is 0. The first-order valence-electron chi connectivity index (χ1n) is 8.23. The highest BCUT2D eigenvalue weighted by molar-refractivity contribution is 5.66. The Morgan fingerprint density at radius 1 is 1.28 bits per heavy atom. The van der Waals surface area contributed by atoms with Crippen LogP contribution in [0.15, 0.2) is 48.3 Å². The van der Waals surface area contributed by atoms with E-state index in [1.807, 2.05) is 30.3 Å². The molecule has 25 heavy (non-hydrogen) atoms. The van der Waals surface area contributed by atoms with Crippen molar-refractivity contribution in [3.8, 4) is 5.75 Å². The lowest BCUT2D eigenvalue weighted by Crippen LogP contribution is -2.43. The van der Waals surface area contributed by atoms with Gasteiger partial charge in [-0.3, -0.25) is 4.79 Å². The average Bonchev–Trinajstić information content (AvgIpc) is 2.64. The van der Waals surface area contributed by atoms with Crippen LogP contribution in [-0.2, 0) is 23.7 Å². The normalized spacial score (nSPS) is 25.7. The molecule has 0 aromatic heterocycles. The molecular weight excluding hydrogens is 324 g/mol. The van der Waals surface area contributed by atoms with Crippen LogP contribution in [0.2, 0.25) is 0 Å². The van der Waals surface area contributed by atoms with E-state index < -0.39 is 6.29 Å². The molecule has 1 aromatic rings. The van der Waals surface area contributed by atoms with Gasteiger partial charge in [-0.15, -0.1) is 0 Å². The number of carbonyl (C=O) groups is 1. The molecule has 2 aliphatic rings. The third kappa shape index (κ3) is 4.61. The minimum atomic E-state index is -0.398. The van der Waals surface area contributed by atoms with E-state index in [9.17, 15) is 4.79 Å². The third-order valence-electron chi connectivity index (χ3n) is 4.02. The largest absolute Gasteiger partial charge is 0.497 e. The number of ether oxygens (including phenoxy) is 5. The molecule has 0 saturated carbocycles. The number of methoxy groups -OCH3 is 1. The average molecular weight is 346 g/mol. The van der Waals surface area contributed by atoms with Gasteiger partial charge in [-0.05, 0) is 36.8 Å². The van der Waals surface area contributed by atoms with Crippen LogP contribution in [0.1, 0.15) is 25.2 Å². The van der Waals surface area contributed by atoms with E-state index in [4.69, 9.17) is 23.7 Å². The van der Waals surface area contributed by atoms with E-state index in [-0.39, 0.29) is 24.8 Å². The first-order valence-corrected chi connectivity index (χ1v) is 8.23. The van der Waals surface area contributed by atoms with E-state index in [0.29, 0.717) is 6.61 Å². The minimum absolute atomic E-state index is 0.0496. The second-order valence-electron chi connectivity index (χ2n) is 5.82. The summed E-state index contributed by atoms with van der Waals surface area (Å²) in [7, 11) is 1.64. The van der Waals surface area contributed by atoms with Gasteiger partial charge in [0.05, 0.1) is 13.7 Å². The molecule has 1 aromatic carbocycles. The fraction of sp³-hybridized carbons (Fsp3) is 0.421. The predicted molar refractivity (Wildman–Crippen MR) is 89.9 cm³/mol. The van der Waals surface area contributed by atoms with E-state index >= 15 is 0 Å². The minimum Gasteiger partial charge on any atom is -0.497 e. The SMILES string of the molecule is COc1ccc([C@H]2OC[C@@H]3OC(/C=C/COC(C)=O)=CC[C@H]3O2)cc1. The Kier molecular flexibility index (Phi) is 5.73. The Morgan fingerprint density at radius 2 is 2.08 bits per heavy atom. The fourth-order valence-corrected chi connectivity index (χ4v) is 2.72. The summed E-state index contributed by atoms with van der Waals surface area (Å²) in [6.45, 7) is 2.07. The second-order valence-corrected chi connectivity index (χ2v) is 5.82. The number of hydrogen-bond acceptors (Lipinski definition) is 6. The molecule has 0 N–H and O–H groups in total. The van der Waals surface area contributed by atoms with Crippen molar-refractivity contribution < 1.29 is 28.5 Å². The van der Waals surface area contributed by atoms with Crippen LogP contribution in [0.25, 0.3) is 0 Å². The number of allylic oxidation sites excluding steroid dienone is 1. The number of fused-ring (bicyclic) bond motifs is 1. The predicted octanol–water partition coefficient (Wildman–Crippen LogP) is 2.90. The van der Waals surface area contributed by atoms with Gasteiger partial charge in [-0.2, -0.15) is 0 Å². The highest BCUT2D eigenvalue weighted by atomic mass is 16.7. The molecule has 3 rings (SSSR count). The first kappa shape index (κ1) is 17.5. The molecule has 0 unspecified atom stereocenters. The summed E-state index contributed by atoms with van der Waals surface area (Å²) in [4.78, 5) is 10.7. The molecule has 6 heteroatoms. The molecular formula is C19H22O6. The van der Waals surface area contributed by atoms with Crippen LogP contribution in [0.4, 0.5) is 0 Å². The Labute approximate surface area is 147 Å². The summed E-state index contributed by atoms with van der Waals surface area (Å²) in [6, 6.07) is 7.65. The highest BCUT2D eigenvalue weighted by Crippen LogP contribution is 2.33. The van der Waals surface area contributed by atoms with E-state index in [1.165, 1.54) is 6.92 Å². The fourth-order valence-electron chi connectivity index (χ4n) is 2.72. The number of carbonyl (C=O) groups excluding carboxylic acids is 1. The van der Waals surface area contributed by atoms with Gasteiger partial charge in [-0.25, -0.2) is 0 Å². The van der Waals surface area contributed by atoms with Crippen LogP contribution >= 0.6 is 0 Å². The van der Waals surface area contributed by atoms with Gasteiger partial charge >= 0.3 is 5.97 Å². The topological polar surface area (TPSA) is 63.2 Å². The lowest BCUT2D eigenvalue weighted by Gasteiger charge is -2.38. The lowest BCUT2D eigenvalue weighted by atomic mass is 10.1. The lowest BCUT2D eigenvalue weighted by molar-refractivity contribution is -0.261. The van der Waals surface area contributed by atoms with E-state index in [1.54, 1.807) is 19.3 Å². The van der Waals surface area contributed by atoms with Crippen LogP contribution in [0, 0.1) is 0 Å². The van der Waals surface area contributed by atoms with Crippen molar-refractivity contribution >= 4 is 5.97 Å². The smallest absolute Gasteiger partial charge is 0.302 e. The van der Waals surface area contributed by atoms with E-state index in [0.717, 1.165) is 23.5 Å². The zero-order chi connectivity index (χ0) is 17.6. The zero-order valence-electron chi connectivity index (χ0n) is 14.3. The number of benzene rings is 1. The summed E-state index contributed by atoms with van der Waals surface area (Å²) >= 11 is 0. The van der Waals surface area contributed by atoms with Crippen LogP contribution < -0.4 is 4.74 Å². The van der Waals surface area contributed by atoms with Crippen molar-refractivity contribution in [3.63, 3.8) is 0 Å². The van der Waals surface area contributed by atoms with Crippen molar-refractivity contribution in [2.75, 3.05) is 20.3 Å². The van der Waals surface area contributed by atoms with Crippen LogP contribution in [-0.4, -0.2) is 38.5 Å². The number of esters is 1. The van der Waals surface area contributed by atoms with Crippen LogP contribution in [0.3, 0.4) is 0 Å². The van der Waals surface area contributed by atoms with Gasteiger partial charge < -0.3 is 23.7 Å². The maximum Gasteiger partial charge on any atom is 0.302 e. The van der Waals surface area contributed by atoms with Crippen molar-refractivity contribution in [3.05, 3.63) is 53.8 Å². The third-order valence-corrected chi connectivity index (χ3v) is 4.02. The number of rotatable bonds is 5. The summed E-state index contributed by atoms with van der Waals surface area (Å²) in [6.07, 6.45) is 5.67. The standard InChI is InChI=1S/C19H22O6/c1-13(20)22-11-3-4-16-9-10-17-18(24-16)12-23-19(25-17)14-5-7-15(21-2)8-6-14/h3-9,17-19H,10-12H2,1-2H3/b4-3+/t17-,18+,19+/m1/s1. The Hall–Kier alpha value is -2.31. The molecule has 0 bridgehead atoms. The van der Waals surface area contributed by atoms with Gasteiger partial charge in [-0.1, -0.05) is 12.1 Å². The van der Waals surface area contributed by atoms with Crippen molar-refractivity contribution in [1.29, 1.82) is 0 Å². The summed E-state index contributed by atoms with van der Waals surface area (Å²) in [5, 5.41) is 0. The van der Waals surface area contributed by atoms with Crippen LogP contribution in [0.5, 0.6) is 5.75 Å². The Morgan fingerprint density at radius 3 is 2.80 bits per heavy atom. The monoisotopic (exact) mass is 346 g/mol. The molecule has 0 amide bonds. The molecule has 6 nitrogen and oxygen atoms in total. The van der Waals surface area contributed by atoms with E-state index in [2.05, 4.69) is 0 Å². The summed E-state index contributed by atoms with van der Waals surface area (Å²) < 4.78 is 27.7. The maximum atomic E-state index is 10.7. The van der Waals surface area contributed by atoms with Gasteiger partial charge in [0.2, 0.25) is 0 Å². The molecule has 2 heterocycles. The quantitative estimate of drug-likeness (QED) is 0.764. The van der Waals surface area contributed by atoms with Gasteiger partial charge in [0.1, 0.15) is 30.3 Å². The zero-order valence-corrected chi connectivity index (χ0v) is 14.3. The van der Waals surface area contributed by atoms with Gasteiger partial charge in [0.25, 0.3) is 0 Å². The molecule has 2 aliphatic heterocycles. The Balaban J connectivity index is 1.55. The highest BCUT2D eigenvalue weighted by Gasteiger charge is 2.35. The molecule has 0 spiro atoms. The van der Waals surface area contributed by atoms with Crippen molar-refractivity contribution in [2.45, 2.75) is 31.8 Å². The second kappa shape index (κ2) is 8.18. The molecule has 3 atom stereocenters. The van der Waals surface area contributed by atoms with Crippen molar-refractivity contribution in [2.24, 2.45) is 0 Å². The summed E-state index contributed by atoms with van der Waals surface area (Å²) in [5.74, 6) is 1.23. The maximum absolute atomic E-state index is 10.7. The molecule has 0 aliphatic carbocycles. The van der Waals surface area contributed by atoms with Crippen molar-refractivity contribution in [1.82, 2.24) is 0 Å². The molecule has 1 saturated heterocycles. The molecule has 0 radical (unpaired) electrons. The Bertz CT molecular complexity index is 648. The summed E-state index contributed by atoms with van der Waals surface area (Å²) in [5.41, 5.74) is 0.954.